The lowest BCUT2D eigenvalue weighted by Gasteiger charge is -2.04. The molecule has 3 aromatic rings. The standard InChI is InChI=1S/C14H16N6O2.CH2O2/c1-2-10(21-7-1)14-19-11(20-22-14)4-6-16-13-12-9(3-5-15-12)17-8-18-13;2-1-3/h3,5,8,10,15H,1-2,4,6-7H2,(H,16,17,18);1H,(H,2,3). The quantitative estimate of drug-likeness (QED) is 0.587. The molecule has 0 saturated carbocycles. The fraction of sp³-hybridized carbons (Fsp3) is 0.400. The number of nitrogens with zero attached hydrogens (tertiary/aromatic N) is 4. The zero-order valence-electron chi connectivity index (χ0n) is 13.4. The fourth-order valence-electron chi connectivity index (χ4n) is 2.57. The predicted octanol–water partition coefficient (Wildman–Crippen LogP) is 1.55. The number of hydrogen-bond acceptors (Lipinski definition) is 8. The molecule has 0 spiro atoms. The lowest BCUT2D eigenvalue weighted by molar-refractivity contribution is -0.122. The summed E-state index contributed by atoms with van der Waals surface area (Å²) in [7, 11) is 0. The number of ether oxygens (including phenoxy) is 1. The number of aromatic amines is 1. The van der Waals surface area contributed by atoms with Gasteiger partial charge in [0.15, 0.2) is 11.6 Å². The Labute approximate surface area is 142 Å². The lowest BCUT2D eigenvalue weighted by atomic mass is 10.2. The van der Waals surface area contributed by atoms with E-state index in [1.165, 1.54) is 0 Å². The Hall–Kier alpha value is -3.01. The van der Waals surface area contributed by atoms with Crippen LogP contribution in [0.25, 0.3) is 11.0 Å². The third kappa shape index (κ3) is 4.10. The van der Waals surface area contributed by atoms with Crippen LogP contribution in [0.5, 0.6) is 0 Å². The zero-order valence-corrected chi connectivity index (χ0v) is 13.4. The Morgan fingerprint density at radius 3 is 3.12 bits per heavy atom. The molecule has 10 heteroatoms. The molecule has 1 aliphatic heterocycles. The first-order chi connectivity index (χ1) is 12.3. The van der Waals surface area contributed by atoms with E-state index in [0.717, 1.165) is 36.3 Å². The molecule has 1 unspecified atom stereocenters. The summed E-state index contributed by atoms with van der Waals surface area (Å²) >= 11 is 0. The minimum absolute atomic E-state index is 0.0328. The van der Waals surface area contributed by atoms with Crippen molar-refractivity contribution in [1.29, 1.82) is 0 Å². The van der Waals surface area contributed by atoms with Crippen molar-refractivity contribution >= 4 is 23.3 Å². The van der Waals surface area contributed by atoms with Crippen LogP contribution < -0.4 is 5.32 Å². The van der Waals surface area contributed by atoms with Crippen molar-refractivity contribution in [1.82, 2.24) is 25.1 Å². The van der Waals surface area contributed by atoms with E-state index in [1.807, 2.05) is 12.3 Å². The minimum Gasteiger partial charge on any atom is -0.483 e. The molecule has 0 bridgehead atoms. The number of nitrogens with one attached hydrogen (secondary N) is 2. The van der Waals surface area contributed by atoms with Crippen molar-refractivity contribution in [2.24, 2.45) is 0 Å². The molecule has 4 heterocycles. The Morgan fingerprint density at radius 1 is 1.44 bits per heavy atom. The van der Waals surface area contributed by atoms with Gasteiger partial charge in [-0.1, -0.05) is 5.16 Å². The monoisotopic (exact) mass is 346 g/mol. The van der Waals surface area contributed by atoms with Crippen LogP contribution in [0.2, 0.25) is 0 Å². The third-order valence-electron chi connectivity index (χ3n) is 3.68. The summed E-state index contributed by atoms with van der Waals surface area (Å²) < 4.78 is 10.8. The number of fused-ring (bicyclic) bond motifs is 1. The second kappa shape index (κ2) is 8.20. The number of aromatic nitrogens is 5. The van der Waals surface area contributed by atoms with Crippen molar-refractivity contribution in [2.75, 3.05) is 18.5 Å². The van der Waals surface area contributed by atoms with Crippen LogP contribution >= 0.6 is 0 Å². The molecule has 25 heavy (non-hydrogen) atoms. The second-order valence-electron chi connectivity index (χ2n) is 5.29. The van der Waals surface area contributed by atoms with Crippen LogP contribution in [-0.2, 0) is 16.0 Å². The Balaban J connectivity index is 0.000000569. The summed E-state index contributed by atoms with van der Waals surface area (Å²) in [5.74, 6) is 2.04. The van der Waals surface area contributed by atoms with E-state index < -0.39 is 0 Å². The number of rotatable bonds is 5. The van der Waals surface area contributed by atoms with Crippen molar-refractivity contribution in [2.45, 2.75) is 25.4 Å². The smallest absolute Gasteiger partial charge is 0.290 e. The number of H-pyrrole nitrogens is 1. The van der Waals surface area contributed by atoms with Crippen LogP contribution in [0.3, 0.4) is 0 Å². The maximum absolute atomic E-state index is 8.36. The van der Waals surface area contributed by atoms with Gasteiger partial charge in [0.05, 0.1) is 5.52 Å². The van der Waals surface area contributed by atoms with Gasteiger partial charge < -0.3 is 24.7 Å². The third-order valence-corrected chi connectivity index (χ3v) is 3.68. The van der Waals surface area contributed by atoms with Crippen molar-refractivity contribution in [3.63, 3.8) is 0 Å². The molecule has 4 rings (SSSR count). The van der Waals surface area contributed by atoms with E-state index in [0.29, 0.717) is 24.7 Å². The van der Waals surface area contributed by atoms with Crippen LogP contribution in [-0.4, -0.2) is 49.8 Å². The topological polar surface area (TPSA) is 139 Å². The second-order valence-corrected chi connectivity index (χ2v) is 5.29. The maximum atomic E-state index is 8.36. The van der Waals surface area contributed by atoms with Gasteiger partial charge in [-0.2, -0.15) is 4.98 Å². The van der Waals surface area contributed by atoms with Crippen LogP contribution in [0.1, 0.15) is 30.7 Å². The summed E-state index contributed by atoms with van der Waals surface area (Å²) in [4.78, 5) is 24.3. The van der Waals surface area contributed by atoms with Gasteiger partial charge in [-0.05, 0) is 18.9 Å². The van der Waals surface area contributed by atoms with E-state index in [-0.39, 0.29) is 12.6 Å². The first-order valence-corrected chi connectivity index (χ1v) is 7.85. The molecule has 0 aliphatic carbocycles. The van der Waals surface area contributed by atoms with Gasteiger partial charge in [-0.15, -0.1) is 0 Å². The van der Waals surface area contributed by atoms with Crippen molar-refractivity contribution in [3.8, 4) is 0 Å². The summed E-state index contributed by atoms with van der Waals surface area (Å²) in [6.07, 6.45) is 6.01. The molecule has 0 aromatic carbocycles. The Kier molecular flexibility index (Phi) is 5.52. The molecule has 1 saturated heterocycles. The average Bonchev–Trinajstić information content (AvgIpc) is 3.36. The molecule has 3 aromatic heterocycles. The molecule has 132 valence electrons. The van der Waals surface area contributed by atoms with Crippen molar-refractivity contribution in [3.05, 3.63) is 30.3 Å². The Morgan fingerprint density at radius 2 is 2.32 bits per heavy atom. The van der Waals surface area contributed by atoms with Gasteiger partial charge >= 0.3 is 0 Å². The largest absolute Gasteiger partial charge is 0.483 e. The van der Waals surface area contributed by atoms with Crippen molar-refractivity contribution < 1.29 is 19.2 Å². The van der Waals surface area contributed by atoms with E-state index in [1.54, 1.807) is 6.33 Å². The van der Waals surface area contributed by atoms with Gasteiger partial charge in [0.25, 0.3) is 12.4 Å². The Bertz CT molecular complexity index is 811. The molecule has 1 fully saturated rings. The first kappa shape index (κ1) is 16.8. The molecule has 0 amide bonds. The number of hydrogen-bond donors (Lipinski definition) is 3. The van der Waals surface area contributed by atoms with E-state index in [4.69, 9.17) is 19.2 Å². The highest BCUT2D eigenvalue weighted by atomic mass is 16.5. The normalized spacial score (nSPS) is 16.4. The molecule has 1 atom stereocenters. The summed E-state index contributed by atoms with van der Waals surface area (Å²) in [5.41, 5.74) is 1.79. The predicted molar refractivity (Wildman–Crippen MR) is 87.0 cm³/mol. The molecule has 0 radical (unpaired) electrons. The van der Waals surface area contributed by atoms with Crippen LogP contribution in [0.15, 0.2) is 23.1 Å². The van der Waals surface area contributed by atoms with Crippen LogP contribution in [0.4, 0.5) is 5.82 Å². The zero-order chi connectivity index (χ0) is 17.5. The number of anilines is 1. The molecule has 10 nitrogen and oxygen atoms in total. The molecular formula is C15H18N6O4. The fourth-order valence-corrected chi connectivity index (χ4v) is 2.57. The highest BCUT2D eigenvalue weighted by molar-refractivity contribution is 5.85. The maximum Gasteiger partial charge on any atom is 0.290 e. The number of carbonyl (C=O) groups is 1. The van der Waals surface area contributed by atoms with Gasteiger partial charge in [0.1, 0.15) is 17.9 Å². The summed E-state index contributed by atoms with van der Waals surface area (Å²) in [6, 6.07) is 1.91. The lowest BCUT2D eigenvalue weighted by Crippen LogP contribution is -2.08. The minimum atomic E-state index is -0.250. The molecular weight excluding hydrogens is 328 g/mol. The highest BCUT2D eigenvalue weighted by Gasteiger charge is 2.23. The average molecular weight is 346 g/mol. The SMILES string of the molecule is O=CO.c1nc(NCCc2noc(C3CCCO3)n2)c2[nH]ccc2n1. The van der Waals surface area contributed by atoms with Gasteiger partial charge in [0.2, 0.25) is 0 Å². The van der Waals surface area contributed by atoms with E-state index in [2.05, 4.69) is 30.4 Å². The molecule has 3 N–H and O–H groups in total. The van der Waals surface area contributed by atoms with Gasteiger partial charge in [-0.25, -0.2) is 9.97 Å². The van der Waals surface area contributed by atoms with Gasteiger partial charge in [0, 0.05) is 25.8 Å². The first-order valence-electron chi connectivity index (χ1n) is 7.85. The summed E-state index contributed by atoms with van der Waals surface area (Å²) in [6.45, 7) is 1.18. The van der Waals surface area contributed by atoms with E-state index >= 15 is 0 Å². The number of carboxylic acid groups (broad SMARTS) is 1. The van der Waals surface area contributed by atoms with Gasteiger partial charge in [-0.3, -0.25) is 4.79 Å². The van der Waals surface area contributed by atoms with Crippen LogP contribution in [0, 0.1) is 0 Å². The molecule has 1 aliphatic rings. The highest BCUT2D eigenvalue weighted by Crippen LogP contribution is 2.26. The van der Waals surface area contributed by atoms with E-state index in [9.17, 15) is 0 Å². The summed E-state index contributed by atoms with van der Waals surface area (Å²) in [5, 5.41) is 14.2.